The lowest BCUT2D eigenvalue weighted by Gasteiger charge is -2.11. The Morgan fingerprint density at radius 3 is 2.19 bits per heavy atom. The molecule has 90 valence electrons. The molecule has 16 heavy (non-hydrogen) atoms. The summed E-state index contributed by atoms with van der Waals surface area (Å²) in [7, 11) is -5.40. The van der Waals surface area contributed by atoms with Crippen molar-refractivity contribution in [3.05, 3.63) is 29.3 Å². The third-order valence-corrected chi connectivity index (χ3v) is 2.96. The maximum Gasteiger partial charge on any atom is 0.417 e. The zero-order valence-electron chi connectivity index (χ0n) is 7.55. The Morgan fingerprint density at radius 2 is 1.81 bits per heavy atom. The van der Waals surface area contributed by atoms with Crippen molar-refractivity contribution in [1.82, 2.24) is 0 Å². The fraction of sp³-hybridized carbons (Fsp3) is 0.250. The van der Waals surface area contributed by atoms with Gasteiger partial charge in [-0.3, -0.25) is 0 Å². The summed E-state index contributed by atoms with van der Waals surface area (Å²) in [6.45, 7) is 0. The Balaban J connectivity index is 3.52. The molecule has 0 aliphatic rings. The predicted octanol–water partition coefficient (Wildman–Crippen LogP) is 3.10. The van der Waals surface area contributed by atoms with E-state index in [-0.39, 0.29) is 11.4 Å². The highest BCUT2D eigenvalue weighted by Crippen LogP contribution is 2.35. The van der Waals surface area contributed by atoms with Crippen LogP contribution in [0.25, 0.3) is 0 Å². The quantitative estimate of drug-likeness (QED) is 0.472. The minimum atomic E-state index is -5.40. The Kier molecular flexibility index (Phi) is 3.49. The molecule has 0 atom stereocenters. The zero-order valence-corrected chi connectivity index (χ0v) is 9.13. The average Bonchev–Trinajstić information content (AvgIpc) is 2.14. The Hall–Kier alpha value is -0.820. The largest absolute Gasteiger partial charge is 0.417 e. The van der Waals surface area contributed by atoms with Gasteiger partial charge in [0.25, 0.3) is 0 Å². The molecule has 1 rings (SSSR count). The topological polar surface area (TPSA) is 34.1 Å². The Labute approximate surface area is 94.0 Å². The van der Waals surface area contributed by atoms with Crippen LogP contribution in [0.3, 0.4) is 0 Å². The van der Waals surface area contributed by atoms with Gasteiger partial charge in [-0.05, 0) is 17.7 Å². The standard InChI is InChI=1S/C8H5ClF4O2S/c9-4-5-1-2-7(16(13,14)15)6(3-5)8(10,11)12/h1-3H,4H2. The van der Waals surface area contributed by atoms with Crippen LogP contribution >= 0.6 is 11.6 Å². The molecule has 0 heterocycles. The van der Waals surface area contributed by atoms with Gasteiger partial charge in [0, 0.05) is 5.88 Å². The lowest BCUT2D eigenvalue weighted by molar-refractivity contribution is -0.140. The molecule has 8 heteroatoms. The SMILES string of the molecule is O=S(=O)(F)c1ccc(CCl)cc1C(F)(F)F. The summed E-state index contributed by atoms with van der Waals surface area (Å²) in [6.07, 6.45) is -4.95. The smallest absolute Gasteiger partial charge is 0.189 e. The summed E-state index contributed by atoms with van der Waals surface area (Å²) < 4.78 is 70.9. The molecule has 0 saturated carbocycles. The third-order valence-electron chi connectivity index (χ3n) is 1.77. The van der Waals surface area contributed by atoms with Gasteiger partial charge >= 0.3 is 16.4 Å². The molecule has 1 aromatic rings. The number of hydrogen-bond donors (Lipinski definition) is 0. The van der Waals surface area contributed by atoms with Crippen LogP contribution in [0.5, 0.6) is 0 Å². The summed E-state index contributed by atoms with van der Waals surface area (Å²) in [6, 6.07) is 2.09. The van der Waals surface area contributed by atoms with E-state index in [1.165, 1.54) is 0 Å². The van der Waals surface area contributed by atoms with Gasteiger partial charge in [-0.1, -0.05) is 6.07 Å². The first-order valence-electron chi connectivity index (χ1n) is 3.87. The van der Waals surface area contributed by atoms with E-state index < -0.39 is 26.9 Å². The van der Waals surface area contributed by atoms with Crippen molar-refractivity contribution < 1.29 is 25.5 Å². The number of rotatable bonds is 2. The van der Waals surface area contributed by atoms with Crippen LogP contribution in [0, 0.1) is 0 Å². The average molecular weight is 277 g/mol. The maximum absolute atomic E-state index is 12.6. The first kappa shape index (κ1) is 13.2. The van der Waals surface area contributed by atoms with E-state index in [0.29, 0.717) is 12.1 Å². The molecular formula is C8H5ClF4O2S. The van der Waals surface area contributed by atoms with Gasteiger partial charge < -0.3 is 0 Å². The van der Waals surface area contributed by atoms with Crippen LogP contribution in [0.1, 0.15) is 11.1 Å². The van der Waals surface area contributed by atoms with Crippen molar-refractivity contribution in [2.45, 2.75) is 17.0 Å². The van der Waals surface area contributed by atoms with Crippen LogP contribution in [0.2, 0.25) is 0 Å². The summed E-state index contributed by atoms with van der Waals surface area (Å²) in [5, 5.41) is 0. The van der Waals surface area contributed by atoms with E-state index in [1.54, 1.807) is 0 Å². The second kappa shape index (κ2) is 4.21. The Bertz CT molecular complexity index is 495. The number of hydrogen-bond acceptors (Lipinski definition) is 2. The van der Waals surface area contributed by atoms with Gasteiger partial charge in [0.15, 0.2) is 0 Å². The van der Waals surface area contributed by atoms with E-state index in [0.717, 1.165) is 6.07 Å². The van der Waals surface area contributed by atoms with E-state index in [9.17, 15) is 25.5 Å². The molecule has 0 N–H and O–H groups in total. The minimum absolute atomic E-state index is 0.0568. The third kappa shape index (κ3) is 2.85. The lowest BCUT2D eigenvalue weighted by Crippen LogP contribution is -2.11. The number of alkyl halides is 4. The first-order valence-corrected chi connectivity index (χ1v) is 5.79. The minimum Gasteiger partial charge on any atom is -0.189 e. The highest BCUT2D eigenvalue weighted by Gasteiger charge is 2.37. The molecule has 0 radical (unpaired) electrons. The van der Waals surface area contributed by atoms with Gasteiger partial charge in [0.1, 0.15) is 4.90 Å². The van der Waals surface area contributed by atoms with Crippen LogP contribution in [0.4, 0.5) is 17.1 Å². The Morgan fingerprint density at radius 1 is 1.25 bits per heavy atom. The fourth-order valence-electron chi connectivity index (χ4n) is 1.09. The molecule has 0 spiro atoms. The van der Waals surface area contributed by atoms with Gasteiger partial charge in [0.05, 0.1) is 5.56 Å². The van der Waals surface area contributed by atoms with Gasteiger partial charge in [-0.25, -0.2) is 0 Å². The molecule has 0 aromatic heterocycles. The monoisotopic (exact) mass is 276 g/mol. The van der Waals surface area contributed by atoms with Crippen molar-refractivity contribution >= 4 is 21.8 Å². The summed E-state index contributed by atoms with van der Waals surface area (Å²) in [5.74, 6) is -0.226. The summed E-state index contributed by atoms with van der Waals surface area (Å²) >= 11 is 5.31. The summed E-state index contributed by atoms with van der Waals surface area (Å²) in [5.41, 5.74) is -1.49. The van der Waals surface area contributed by atoms with Gasteiger partial charge in [-0.2, -0.15) is 21.6 Å². The predicted molar refractivity (Wildman–Crippen MR) is 49.3 cm³/mol. The van der Waals surface area contributed by atoms with Gasteiger partial charge in [0.2, 0.25) is 0 Å². The zero-order chi connectivity index (χ0) is 12.6. The van der Waals surface area contributed by atoms with Crippen molar-refractivity contribution in [1.29, 1.82) is 0 Å². The molecule has 0 fully saturated rings. The molecule has 0 saturated heterocycles. The molecule has 0 unspecified atom stereocenters. The van der Waals surface area contributed by atoms with Crippen LogP contribution in [0.15, 0.2) is 23.1 Å². The highest BCUT2D eigenvalue weighted by atomic mass is 35.5. The van der Waals surface area contributed by atoms with Crippen molar-refractivity contribution in [2.24, 2.45) is 0 Å². The molecule has 0 amide bonds. The van der Waals surface area contributed by atoms with Crippen molar-refractivity contribution in [3.63, 3.8) is 0 Å². The van der Waals surface area contributed by atoms with E-state index in [2.05, 4.69) is 0 Å². The van der Waals surface area contributed by atoms with Crippen LogP contribution < -0.4 is 0 Å². The van der Waals surface area contributed by atoms with Crippen molar-refractivity contribution in [3.8, 4) is 0 Å². The lowest BCUT2D eigenvalue weighted by atomic mass is 10.1. The fourth-order valence-corrected chi connectivity index (χ4v) is 1.93. The molecule has 0 aliphatic heterocycles. The van der Waals surface area contributed by atoms with Gasteiger partial charge in [-0.15, -0.1) is 15.5 Å². The summed E-state index contributed by atoms with van der Waals surface area (Å²) in [4.78, 5) is -1.39. The molecule has 2 nitrogen and oxygen atoms in total. The second-order valence-electron chi connectivity index (χ2n) is 2.90. The van der Waals surface area contributed by atoms with Crippen molar-refractivity contribution in [2.75, 3.05) is 0 Å². The molecule has 0 bridgehead atoms. The number of benzene rings is 1. The highest BCUT2D eigenvalue weighted by molar-refractivity contribution is 7.86. The first-order chi connectivity index (χ1) is 7.16. The molecule has 0 aliphatic carbocycles. The normalized spacial score (nSPS) is 12.8. The van der Waals surface area contributed by atoms with E-state index >= 15 is 0 Å². The van der Waals surface area contributed by atoms with Crippen LogP contribution in [-0.2, 0) is 22.3 Å². The van der Waals surface area contributed by atoms with E-state index in [4.69, 9.17) is 11.6 Å². The molecule has 1 aromatic carbocycles. The van der Waals surface area contributed by atoms with Crippen LogP contribution in [-0.4, -0.2) is 8.42 Å². The van der Waals surface area contributed by atoms with E-state index in [1.807, 2.05) is 0 Å². The molecular weight excluding hydrogens is 272 g/mol. The second-order valence-corrected chi connectivity index (χ2v) is 4.48. The maximum atomic E-state index is 12.6. The number of halogens is 5.